The molecule has 1 N–H and O–H groups in total. The Kier molecular flexibility index (Phi) is 3.91. The maximum Gasteiger partial charge on any atom is 0.313 e. The zero-order valence-corrected chi connectivity index (χ0v) is 12.1. The normalized spacial score (nSPS) is 12.4. The number of nitro groups is 1. The van der Waals surface area contributed by atoms with Crippen molar-refractivity contribution in [2.75, 3.05) is 19.3 Å². The first-order valence-electron chi connectivity index (χ1n) is 6.55. The lowest BCUT2D eigenvalue weighted by atomic mass is 10.2. The van der Waals surface area contributed by atoms with E-state index >= 15 is 0 Å². The molecule has 0 atom stereocenters. The van der Waals surface area contributed by atoms with E-state index in [4.69, 9.17) is 14.2 Å². The van der Waals surface area contributed by atoms with Gasteiger partial charge >= 0.3 is 5.69 Å². The van der Waals surface area contributed by atoms with Crippen LogP contribution in [0.15, 0.2) is 35.6 Å². The summed E-state index contributed by atoms with van der Waals surface area (Å²) >= 11 is 0. The molecule has 23 heavy (non-hydrogen) atoms. The zero-order chi connectivity index (χ0) is 16.2. The highest BCUT2D eigenvalue weighted by atomic mass is 16.7. The second kappa shape index (κ2) is 6.18. The topological polar surface area (TPSA) is 108 Å². The third-order valence-corrected chi connectivity index (χ3v) is 3.08. The molecule has 9 nitrogen and oxygen atoms in total. The molecule has 0 saturated carbocycles. The summed E-state index contributed by atoms with van der Waals surface area (Å²) in [6, 6.07) is 6.21. The number of hydrogen-bond acceptors (Lipinski definition) is 8. The second-order valence-electron chi connectivity index (χ2n) is 4.45. The van der Waals surface area contributed by atoms with Gasteiger partial charge in [0.05, 0.1) is 18.2 Å². The highest BCUT2D eigenvalue weighted by molar-refractivity contribution is 5.85. The monoisotopic (exact) mass is 316 g/mol. The largest absolute Gasteiger partial charge is 0.496 e. The first kappa shape index (κ1) is 14.6. The quantitative estimate of drug-likeness (QED) is 0.511. The Bertz CT molecular complexity index is 778. The molecular formula is C14H12N4O5. The Morgan fingerprint density at radius 1 is 1.43 bits per heavy atom. The highest BCUT2D eigenvalue weighted by Crippen LogP contribution is 2.37. The van der Waals surface area contributed by atoms with Crippen molar-refractivity contribution in [1.29, 1.82) is 0 Å². The van der Waals surface area contributed by atoms with Crippen LogP contribution in [-0.4, -0.2) is 30.0 Å². The van der Waals surface area contributed by atoms with Crippen molar-refractivity contribution < 1.29 is 19.1 Å². The molecule has 1 aromatic heterocycles. The lowest BCUT2D eigenvalue weighted by molar-refractivity contribution is -0.384. The van der Waals surface area contributed by atoms with Gasteiger partial charge in [0.25, 0.3) is 0 Å². The lowest BCUT2D eigenvalue weighted by Crippen LogP contribution is -1.99. The molecule has 2 heterocycles. The Hall–Kier alpha value is -3.36. The van der Waals surface area contributed by atoms with Crippen LogP contribution in [-0.2, 0) is 0 Å². The number of anilines is 1. The van der Waals surface area contributed by atoms with E-state index in [1.807, 2.05) is 0 Å². The molecule has 2 aromatic rings. The third kappa shape index (κ3) is 2.98. The summed E-state index contributed by atoms with van der Waals surface area (Å²) in [6.45, 7) is 0.150. The molecule has 0 aliphatic carbocycles. The number of hydrazone groups is 1. The van der Waals surface area contributed by atoms with Gasteiger partial charge in [0, 0.05) is 23.9 Å². The number of rotatable bonds is 5. The summed E-state index contributed by atoms with van der Waals surface area (Å²) in [7, 11) is 1.52. The van der Waals surface area contributed by atoms with Gasteiger partial charge in [-0.3, -0.25) is 15.5 Å². The number of aromatic nitrogens is 1. The number of fused-ring (bicyclic) bond motifs is 1. The number of methoxy groups -OCH3 is 1. The molecule has 1 aliphatic rings. The van der Waals surface area contributed by atoms with E-state index in [0.717, 1.165) is 0 Å². The predicted octanol–water partition coefficient (Wildman–Crippen LogP) is 2.17. The third-order valence-electron chi connectivity index (χ3n) is 3.08. The minimum Gasteiger partial charge on any atom is -0.496 e. The number of benzene rings is 1. The first-order valence-corrected chi connectivity index (χ1v) is 6.55. The fraction of sp³-hybridized carbons (Fsp3) is 0.143. The second-order valence-corrected chi connectivity index (χ2v) is 4.45. The summed E-state index contributed by atoms with van der Waals surface area (Å²) in [4.78, 5) is 14.3. The van der Waals surface area contributed by atoms with Crippen molar-refractivity contribution in [2.45, 2.75) is 0 Å². The van der Waals surface area contributed by atoms with Gasteiger partial charge in [-0.25, -0.2) is 4.98 Å². The summed E-state index contributed by atoms with van der Waals surface area (Å²) in [5.74, 6) is 1.76. The zero-order valence-electron chi connectivity index (χ0n) is 12.1. The standard InChI is InChI=1S/C14H12N4O5/c1-21-11-6-13-12(22-8-23-13)5-9(11)7-16-17-14-10(18(19)20)3-2-4-15-14/h2-7H,8H2,1H3,(H,15,17)/b16-7+. The lowest BCUT2D eigenvalue weighted by Gasteiger charge is -2.06. The van der Waals surface area contributed by atoms with E-state index in [1.165, 1.54) is 31.7 Å². The van der Waals surface area contributed by atoms with Crippen molar-refractivity contribution in [3.05, 3.63) is 46.1 Å². The summed E-state index contributed by atoms with van der Waals surface area (Å²) in [5, 5.41) is 14.9. The molecular weight excluding hydrogens is 304 g/mol. The maximum atomic E-state index is 10.9. The van der Waals surface area contributed by atoms with E-state index in [9.17, 15) is 10.1 Å². The van der Waals surface area contributed by atoms with Crippen LogP contribution in [0.2, 0.25) is 0 Å². The maximum absolute atomic E-state index is 10.9. The van der Waals surface area contributed by atoms with Crippen LogP contribution in [0.3, 0.4) is 0 Å². The highest BCUT2D eigenvalue weighted by Gasteiger charge is 2.17. The van der Waals surface area contributed by atoms with E-state index in [1.54, 1.807) is 12.1 Å². The van der Waals surface area contributed by atoms with Gasteiger partial charge in [-0.05, 0) is 12.1 Å². The Morgan fingerprint density at radius 2 is 2.22 bits per heavy atom. The molecule has 3 rings (SSSR count). The van der Waals surface area contributed by atoms with Gasteiger partial charge in [-0.15, -0.1) is 0 Å². The number of hydrogen-bond donors (Lipinski definition) is 1. The van der Waals surface area contributed by atoms with E-state index < -0.39 is 4.92 Å². The molecule has 118 valence electrons. The number of nitrogens with one attached hydrogen (secondary N) is 1. The number of ether oxygens (including phenoxy) is 3. The average Bonchev–Trinajstić information content (AvgIpc) is 3.01. The molecule has 0 unspecified atom stereocenters. The average molecular weight is 316 g/mol. The van der Waals surface area contributed by atoms with Crippen molar-refractivity contribution in [3.63, 3.8) is 0 Å². The van der Waals surface area contributed by atoms with Gasteiger partial charge in [-0.2, -0.15) is 5.10 Å². The minimum atomic E-state index is -0.536. The molecule has 0 fully saturated rings. The van der Waals surface area contributed by atoms with Crippen molar-refractivity contribution in [2.24, 2.45) is 5.10 Å². The number of nitrogens with zero attached hydrogens (tertiary/aromatic N) is 3. The van der Waals surface area contributed by atoms with Crippen LogP contribution in [0.5, 0.6) is 17.2 Å². The van der Waals surface area contributed by atoms with E-state index in [-0.39, 0.29) is 18.3 Å². The molecule has 0 bridgehead atoms. The van der Waals surface area contributed by atoms with Crippen molar-refractivity contribution in [3.8, 4) is 17.2 Å². The Morgan fingerprint density at radius 3 is 2.96 bits per heavy atom. The van der Waals surface area contributed by atoms with Gasteiger partial charge in [-0.1, -0.05) is 0 Å². The van der Waals surface area contributed by atoms with Crippen LogP contribution < -0.4 is 19.6 Å². The van der Waals surface area contributed by atoms with E-state index in [0.29, 0.717) is 22.8 Å². The SMILES string of the molecule is COc1cc2c(cc1/C=N/Nc1ncccc1[N+](=O)[O-])OCO2. The number of pyridine rings is 1. The summed E-state index contributed by atoms with van der Waals surface area (Å²) in [5.41, 5.74) is 3.01. The van der Waals surface area contributed by atoms with Crippen LogP contribution in [0.1, 0.15) is 5.56 Å². The van der Waals surface area contributed by atoms with E-state index in [2.05, 4.69) is 15.5 Å². The molecule has 0 radical (unpaired) electrons. The molecule has 0 saturated heterocycles. The van der Waals surface area contributed by atoms with Gasteiger partial charge in [0.1, 0.15) is 5.75 Å². The molecule has 9 heteroatoms. The summed E-state index contributed by atoms with van der Waals surface area (Å²) < 4.78 is 15.8. The Balaban J connectivity index is 1.83. The van der Waals surface area contributed by atoms with Crippen molar-refractivity contribution in [1.82, 2.24) is 4.98 Å². The van der Waals surface area contributed by atoms with Crippen molar-refractivity contribution >= 4 is 17.7 Å². The minimum absolute atomic E-state index is 0.0495. The first-order chi connectivity index (χ1) is 11.2. The molecule has 1 aromatic carbocycles. The van der Waals surface area contributed by atoms with Gasteiger partial charge < -0.3 is 14.2 Å². The van der Waals surface area contributed by atoms with Gasteiger partial charge in [0.15, 0.2) is 11.5 Å². The van der Waals surface area contributed by atoms with Crippen LogP contribution in [0, 0.1) is 10.1 Å². The fourth-order valence-electron chi connectivity index (χ4n) is 2.01. The predicted molar refractivity (Wildman–Crippen MR) is 81.2 cm³/mol. The molecule has 0 amide bonds. The van der Waals surface area contributed by atoms with Crippen LogP contribution >= 0.6 is 0 Å². The molecule has 0 spiro atoms. The van der Waals surface area contributed by atoms with Gasteiger partial charge in [0.2, 0.25) is 12.6 Å². The smallest absolute Gasteiger partial charge is 0.313 e. The van der Waals surface area contributed by atoms with Crippen LogP contribution in [0.25, 0.3) is 0 Å². The summed E-state index contributed by atoms with van der Waals surface area (Å²) in [6.07, 6.45) is 2.89. The van der Waals surface area contributed by atoms with Crippen LogP contribution in [0.4, 0.5) is 11.5 Å². The Labute approximate surface area is 130 Å². The fourth-order valence-corrected chi connectivity index (χ4v) is 2.01. The molecule has 1 aliphatic heterocycles.